The molecule has 96 valence electrons. The van der Waals surface area contributed by atoms with Gasteiger partial charge in [0, 0.05) is 12.0 Å². The molecule has 0 atom stereocenters. The van der Waals surface area contributed by atoms with E-state index in [0.29, 0.717) is 12.3 Å². The smallest absolute Gasteiger partial charge is 0.331 e. The molecule has 1 aliphatic rings. The Balaban J connectivity index is 2.09. The van der Waals surface area contributed by atoms with Crippen molar-refractivity contribution in [1.82, 2.24) is 0 Å². The number of carboxylic acid groups (broad SMARTS) is 1. The molecule has 2 nitrogen and oxygen atoms in total. The van der Waals surface area contributed by atoms with Gasteiger partial charge in [0.05, 0.1) is 0 Å². The van der Waals surface area contributed by atoms with Crippen LogP contribution in [0.4, 0.5) is 0 Å². The maximum absolute atomic E-state index is 10.8. The maximum Gasteiger partial charge on any atom is 0.331 e. The molecule has 18 heavy (non-hydrogen) atoms. The van der Waals surface area contributed by atoms with Gasteiger partial charge in [0.2, 0.25) is 0 Å². The summed E-state index contributed by atoms with van der Waals surface area (Å²) in [5.74, 6) is -0.241. The van der Waals surface area contributed by atoms with Gasteiger partial charge in [-0.2, -0.15) is 0 Å². The summed E-state index contributed by atoms with van der Waals surface area (Å²) >= 11 is 0. The van der Waals surface area contributed by atoms with Crippen LogP contribution in [0.15, 0.2) is 36.4 Å². The van der Waals surface area contributed by atoms with Crippen LogP contribution in [-0.4, -0.2) is 11.1 Å². The molecule has 0 saturated heterocycles. The number of aliphatic carboxylic acids is 1. The van der Waals surface area contributed by atoms with Gasteiger partial charge in [-0.15, -0.1) is 0 Å². The summed E-state index contributed by atoms with van der Waals surface area (Å²) in [5.41, 5.74) is 2.69. The summed E-state index contributed by atoms with van der Waals surface area (Å²) in [4.78, 5) is 10.8. The quantitative estimate of drug-likeness (QED) is 0.815. The molecule has 0 amide bonds. The van der Waals surface area contributed by atoms with E-state index in [2.05, 4.69) is 18.7 Å². The molecular formula is C16H20O2. The first-order chi connectivity index (χ1) is 8.66. The lowest BCUT2D eigenvalue weighted by molar-refractivity contribution is -0.132. The van der Waals surface area contributed by atoms with Crippen LogP contribution in [0.2, 0.25) is 0 Å². The zero-order valence-electron chi connectivity index (χ0n) is 10.7. The molecule has 0 aromatic heterocycles. The number of benzene rings is 1. The van der Waals surface area contributed by atoms with Crippen LogP contribution < -0.4 is 0 Å². The molecule has 1 aromatic rings. The van der Waals surface area contributed by atoms with E-state index in [1.807, 2.05) is 12.1 Å². The topological polar surface area (TPSA) is 37.3 Å². The zero-order chi connectivity index (χ0) is 13.0. The lowest BCUT2D eigenvalue weighted by Gasteiger charge is -2.22. The molecule has 1 aliphatic carbocycles. The summed E-state index contributed by atoms with van der Waals surface area (Å²) in [7, 11) is 0. The van der Waals surface area contributed by atoms with Crippen LogP contribution in [0.1, 0.15) is 49.1 Å². The minimum Gasteiger partial charge on any atom is -0.478 e. The predicted molar refractivity (Wildman–Crippen MR) is 72.7 cm³/mol. The standard InChI is InChI=1S/C16H20O2/c1-12(16(17)18)10-13-6-5-9-15(11-13)14-7-3-2-4-8-14/h5-6,9,11,14H,1-4,7-8,10H2,(H,17,18). The van der Waals surface area contributed by atoms with Gasteiger partial charge < -0.3 is 5.11 Å². The summed E-state index contributed by atoms with van der Waals surface area (Å²) < 4.78 is 0. The second-order valence-electron chi connectivity index (χ2n) is 5.17. The highest BCUT2D eigenvalue weighted by atomic mass is 16.4. The highest BCUT2D eigenvalue weighted by Crippen LogP contribution is 2.32. The molecule has 0 spiro atoms. The van der Waals surface area contributed by atoms with Gasteiger partial charge in [-0.1, -0.05) is 50.1 Å². The third-order valence-electron chi connectivity index (χ3n) is 3.75. The van der Waals surface area contributed by atoms with Crippen molar-refractivity contribution in [2.24, 2.45) is 0 Å². The third kappa shape index (κ3) is 3.22. The van der Waals surface area contributed by atoms with E-state index in [1.54, 1.807) is 0 Å². The lowest BCUT2D eigenvalue weighted by Crippen LogP contribution is -2.06. The Morgan fingerprint density at radius 3 is 2.67 bits per heavy atom. The molecule has 0 bridgehead atoms. The lowest BCUT2D eigenvalue weighted by atomic mass is 9.83. The van der Waals surface area contributed by atoms with Crippen molar-refractivity contribution >= 4 is 5.97 Å². The van der Waals surface area contributed by atoms with Gasteiger partial charge in [0.1, 0.15) is 0 Å². The molecule has 0 aliphatic heterocycles. The van der Waals surface area contributed by atoms with Crippen LogP contribution in [0.25, 0.3) is 0 Å². The molecule has 1 fully saturated rings. The van der Waals surface area contributed by atoms with Crippen molar-refractivity contribution in [3.05, 3.63) is 47.5 Å². The minimum absolute atomic E-state index is 0.260. The van der Waals surface area contributed by atoms with Crippen LogP contribution in [0.3, 0.4) is 0 Å². The van der Waals surface area contributed by atoms with Gasteiger partial charge in [-0.05, 0) is 29.9 Å². The van der Waals surface area contributed by atoms with E-state index in [-0.39, 0.29) is 5.57 Å². The zero-order valence-corrected chi connectivity index (χ0v) is 10.7. The number of hydrogen-bond donors (Lipinski definition) is 1. The van der Waals surface area contributed by atoms with E-state index in [9.17, 15) is 4.79 Å². The number of carboxylic acids is 1. The molecule has 2 heteroatoms. The maximum atomic E-state index is 10.8. The monoisotopic (exact) mass is 244 g/mol. The molecular weight excluding hydrogens is 224 g/mol. The van der Waals surface area contributed by atoms with Crippen LogP contribution in [0, 0.1) is 0 Å². The Morgan fingerprint density at radius 1 is 1.28 bits per heavy atom. The number of hydrogen-bond acceptors (Lipinski definition) is 1. The van der Waals surface area contributed by atoms with Crippen LogP contribution >= 0.6 is 0 Å². The van der Waals surface area contributed by atoms with Crippen LogP contribution in [-0.2, 0) is 11.2 Å². The molecule has 0 heterocycles. The second-order valence-corrected chi connectivity index (χ2v) is 5.17. The summed E-state index contributed by atoms with van der Waals surface area (Å²) in [6.45, 7) is 3.59. The second kappa shape index (κ2) is 5.85. The van der Waals surface area contributed by atoms with E-state index in [0.717, 1.165) is 5.56 Å². The van der Waals surface area contributed by atoms with Gasteiger partial charge in [-0.25, -0.2) is 4.79 Å². The fourth-order valence-electron chi connectivity index (χ4n) is 2.71. The first kappa shape index (κ1) is 12.9. The molecule has 1 N–H and O–H groups in total. The number of rotatable bonds is 4. The van der Waals surface area contributed by atoms with Crippen molar-refractivity contribution in [2.75, 3.05) is 0 Å². The SMILES string of the molecule is C=C(Cc1cccc(C2CCCCC2)c1)C(=O)O. The Kier molecular flexibility index (Phi) is 4.19. The van der Waals surface area contributed by atoms with Gasteiger partial charge in [0.25, 0.3) is 0 Å². The fourth-order valence-corrected chi connectivity index (χ4v) is 2.71. The van der Waals surface area contributed by atoms with Gasteiger partial charge >= 0.3 is 5.97 Å². The molecule has 1 saturated carbocycles. The Morgan fingerprint density at radius 2 is 2.00 bits per heavy atom. The molecule has 0 unspecified atom stereocenters. The summed E-state index contributed by atoms with van der Waals surface area (Å²) in [5, 5.41) is 8.86. The van der Waals surface area contributed by atoms with Crippen molar-refractivity contribution < 1.29 is 9.90 Å². The molecule has 1 aromatic carbocycles. The Labute approximate surface area is 108 Å². The summed E-state index contributed by atoms with van der Waals surface area (Å²) in [6, 6.07) is 8.35. The minimum atomic E-state index is -0.905. The van der Waals surface area contributed by atoms with Crippen molar-refractivity contribution in [2.45, 2.75) is 44.4 Å². The van der Waals surface area contributed by atoms with Crippen molar-refractivity contribution in [3.8, 4) is 0 Å². The average Bonchev–Trinajstić information content (AvgIpc) is 2.40. The van der Waals surface area contributed by atoms with Gasteiger partial charge in [-0.3, -0.25) is 0 Å². The Bertz CT molecular complexity index is 442. The Hall–Kier alpha value is -1.57. The normalized spacial score (nSPS) is 16.4. The first-order valence-corrected chi connectivity index (χ1v) is 6.66. The van der Waals surface area contributed by atoms with E-state index >= 15 is 0 Å². The molecule has 2 rings (SSSR count). The third-order valence-corrected chi connectivity index (χ3v) is 3.75. The van der Waals surface area contributed by atoms with E-state index < -0.39 is 5.97 Å². The average molecular weight is 244 g/mol. The fraction of sp³-hybridized carbons (Fsp3) is 0.438. The van der Waals surface area contributed by atoms with Crippen LogP contribution in [0.5, 0.6) is 0 Å². The van der Waals surface area contributed by atoms with E-state index in [4.69, 9.17) is 5.11 Å². The van der Waals surface area contributed by atoms with Crippen molar-refractivity contribution in [3.63, 3.8) is 0 Å². The largest absolute Gasteiger partial charge is 0.478 e. The molecule has 0 radical (unpaired) electrons. The van der Waals surface area contributed by atoms with E-state index in [1.165, 1.54) is 37.7 Å². The number of carbonyl (C=O) groups is 1. The highest BCUT2D eigenvalue weighted by molar-refractivity contribution is 5.86. The summed E-state index contributed by atoms with van der Waals surface area (Å²) in [6.07, 6.45) is 6.96. The van der Waals surface area contributed by atoms with Gasteiger partial charge in [0.15, 0.2) is 0 Å². The van der Waals surface area contributed by atoms with Crippen molar-refractivity contribution in [1.29, 1.82) is 0 Å². The highest BCUT2D eigenvalue weighted by Gasteiger charge is 2.15. The first-order valence-electron chi connectivity index (χ1n) is 6.66. The predicted octanol–water partition coefficient (Wildman–Crippen LogP) is 3.92.